The van der Waals surface area contributed by atoms with E-state index in [1.165, 1.54) is 6.92 Å². The number of nitrogens with zero attached hydrogens (tertiary/aromatic N) is 1. The molecule has 0 aliphatic rings. The quantitative estimate of drug-likeness (QED) is 0.832. The van der Waals surface area contributed by atoms with Crippen molar-refractivity contribution in [2.24, 2.45) is 0 Å². The molecule has 6 heteroatoms. The van der Waals surface area contributed by atoms with E-state index in [4.69, 9.17) is 9.47 Å². The van der Waals surface area contributed by atoms with Crippen molar-refractivity contribution in [3.8, 4) is 5.75 Å². The molecule has 116 valence electrons. The van der Waals surface area contributed by atoms with Crippen molar-refractivity contribution >= 4 is 12.0 Å². The third kappa shape index (κ3) is 6.16. The summed E-state index contributed by atoms with van der Waals surface area (Å²) in [6.07, 6.45) is -0.467. The molecule has 0 saturated carbocycles. The van der Waals surface area contributed by atoms with Gasteiger partial charge in [-0.15, -0.1) is 0 Å². The maximum absolute atomic E-state index is 11.6. The number of hydrogen-bond donors (Lipinski definition) is 1. The number of carbonyl (C=O) groups is 2. The van der Waals surface area contributed by atoms with Gasteiger partial charge in [-0.3, -0.25) is 4.79 Å². The Kier molecular flexibility index (Phi) is 7.08. The fourth-order valence-electron chi connectivity index (χ4n) is 1.77. The lowest BCUT2D eigenvalue weighted by molar-refractivity contribution is -0.129. The summed E-state index contributed by atoms with van der Waals surface area (Å²) in [4.78, 5) is 24.5. The van der Waals surface area contributed by atoms with Gasteiger partial charge in [-0.25, -0.2) is 4.79 Å². The summed E-state index contributed by atoms with van der Waals surface area (Å²) in [7, 11) is 1.61. The summed E-state index contributed by atoms with van der Waals surface area (Å²) in [5.41, 5.74) is 1.00. The van der Waals surface area contributed by atoms with Crippen LogP contribution < -0.4 is 10.1 Å². The third-order valence-corrected chi connectivity index (χ3v) is 2.90. The first kappa shape index (κ1) is 16.8. The van der Waals surface area contributed by atoms with Crippen molar-refractivity contribution in [3.63, 3.8) is 0 Å². The van der Waals surface area contributed by atoms with E-state index in [1.54, 1.807) is 18.9 Å². The molecule has 21 heavy (non-hydrogen) atoms. The van der Waals surface area contributed by atoms with Crippen LogP contribution in [0.3, 0.4) is 0 Å². The van der Waals surface area contributed by atoms with Crippen LogP contribution in [0.15, 0.2) is 24.3 Å². The monoisotopic (exact) mass is 294 g/mol. The van der Waals surface area contributed by atoms with E-state index in [0.717, 1.165) is 11.3 Å². The van der Waals surface area contributed by atoms with Crippen LogP contribution in [0.2, 0.25) is 0 Å². The van der Waals surface area contributed by atoms with E-state index >= 15 is 0 Å². The first-order valence-electron chi connectivity index (χ1n) is 6.86. The highest BCUT2D eigenvalue weighted by Crippen LogP contribution is 2.13. The maximum Gasteiger partial charge on any atom is 0.407 e. The van der Waals surface area contributed by atoms with Crippen LogP contribution in [0.4, 0.5) is 4.79 Å². The van der Waals surface area contributed by atoms with Crippen molar-refractivity contribution < 1.29 is 19.1 Å². The van der Waals surface area contributed by atoms with Crippen LogP contribution >= 0.6 is 0 Å². The maximum atomic E-state index is 11.6. The molecule has 1 rings (SSSR count). The predicted octanol–water partition coefficient (Wildman–Crippen LogP) is 1.79. The molecule has 0 aliphatic carbocycles. The first-order chi connectivity index (χ1) is 10.1. The zero-order valence-electron chi connectivity index (χ0n) is 12.7. The molecule has 6 nitrogen and oxygen atoms in total. The minimum absolute atomic E-state index is 0.0449. The number of methoxy groups -OCH3 is 1. The molecule has 0 aliphatic heterocycles. The van der Waals surface area contributed by atoms with Gasteiger partial charge in [-0.05, 0) is 24.6 Å². The van der Waals surface area contributed by atoms with Crippen molar-refractivity contribution in [3.05, 3.63) is 29.8 Å². The zero-order valence-corrected chi connectivity index (χ0v) is 12.7. The van der Waals surface area contributed by atoms with Crippen LogP contribution in [-0.2, 0) is 16.1 Å². The average molecular weight is 294 g/mol. The lowest BCUT2D eigenvalue weighted by Crippen LogP contribution is -2.37. The Balaban J connectivity index is 2.49. The Hall–Kier alpha value is -2.24. The van der Waals surface area contributed by atoms with Gasteiger partial charge in [-0.1, -0.05) is 12.1 Å². The first-order valence-corrected chi connectivity index (χ1v) is 6.86. The van der Waals surface area contributed by atoms with Gasteiger partial charge < -0.3 is 19.7 Å². The minimum Gasteiger partial charge on any atom is -0.497 e. The lowest BCUT2D eigenvalue weighted by Gasteiger charge is -2.21. The van der Waals surface area contributed by atoms with Crippen LogP contribution in [0, 0.1) is 0 Å². The summed E-state index contributed by atoms with van der Waals surface area (Å²) in [5, 5.41) is 2.60. The van der Waals surface area contributed by atoms with Crippen LogP contribution in [0.1, 0.15) is 19.4 Å². The summed E-state index contributed by atoms with van der Waals surface area (Å²) in [5.74, 6) is 0.730. The van der Waals surface area contributed by atoms with Gasteiger partial charge >= 0.3 is 6.09 Å². The number of alkyl carbamates (subject to hydrolysis) is 1. The molecule has 1 aromatic carbocycles. The molecule has 0 aromatic heterocycles. The van der Waals surface area contributed by atoms with E-state index in [9.17, 15) is 9.59 Å². The predicted molar refractivity (Wildman–Crippen MR) is 79.1 cm³/mol. The molecule has 0 saturated heterocycles. The number of carbonyl (C=O) groups excluding carboxylic acids is 2. The van der Waals surface area contributed by atoms with Gasteiger partial charge in [-0.2, -0.15) is 0 Å². The highest BCUT2D eigenvalue weighted by Gasteiger charge is 2.10. The van der Waals surface area contributed by atoms with E-state index < -0.39 is 6.09 Å². The normalized spacial score (nSPS) is 9.86. The number of ether oxygens (including phenoxy) is 2. The average Bonchev–Trinajstić information content (AvgIpc) is 2.47. The van der Waals surface area contributed by atoms with Gasteiger partial charge in [0.2, 0.25) is 5.91 Å². The molecule has 0 heterocycles. The fourth-order valence-corrected chi connectivity index (χ4v) is 1.77. The Morgan fingerprint density at radius 2 is 1.90 bits per heavy atom. The van der Waals surface area contributed by atoms with Crippen LogP contribution in [-0.4, -0.2) is 43.7 Å². The summed E-state index contributed by atoms with van der Waals surface area (Å²) < 4.78 is 9.85. The second-order valence-electron chi connectivity index (χ2n) is 4.44. The molecule has 0 unspecified atom stereocenters. The summed E-state index contributed by atoms with van der Waals surface area (Å²) in [6, 6.07) is 7.52. The minimum atomic E-state index is -0.467. The number of nitrogens with one attached hydrogen (secondary N) is 1. The van der Waals surface area contributed by atoms with Gasteiger partial charge in [0.05, 0.1) is 13.7 Å². The SMILES string of the molecule is CCOC(=O)NCCN(Cc1ccc(OC)cc1)C(C)=O. The lowest BCUT2D eigenvalue weighted by atomic mass is 10.2. The van der Waals surface area contributed by atoms with E-state index in [0.29, 0.717) is 26.2 Å². The largest absolute Gasteiger partial charge is 0.497 e. The number of hydrogen-bond acceptors (Lipinski definition) is 4. The number of rotatable bonds is 7. The van der Waals surface area contributed by atoms with Crippen molar-refractivity contribution in [1.82, 2.24) is 10.2 Å². The third-order valence-electron chi connectivity index (χ3n) is 2.90. The second-order valence-corrected chi connectivity index (χ2v) is 4.44. The molecule has 0 atom stereocenters. The van der Waals surface area contributed by atoms with Crippen LogP contribution in [0.5, 0.6) is 5.75 Å². The van der Waals surface area contributed by atoms with E-state index in [-0.39, 0.29) is 5.91 Å². The van der Waals surface area contributed by atoms with Crippen LogP contribution in [0.25, 0.3) is 0 Å². The standard InChI is InChI=1S/C15H22N2O4/c1-4-21-15(19)16-9-10-17(12(2)18)11-13-5-7-14(20-3)8-6-13/h5-8H,4,9-11H2,1-3H3,(H,16,19). The Bertz CT molecular complexity index is 459. The van der Waals surface area contributed by atoms with Gasteiger partial charge in [0.1, 0.15) is 5.75 Å². The molecule has 2 amide bonds. The van der Waals surface area contributed by atoms with Crippen molar-refractivity contribution in [2.45, 2.75) is 20.4 Å². The molecule has 0 fully saturated rings. The Morgan fingerprint density at radius 1 is 1.24 bits per heavy atom. The highest BCUT2D eigenvalue weighted by atomic mass is 16.5. The van der Waals surface area contributed by atoms with Gasteiger partial charge in [0.25, 0.3) is 0 Å². The van der Waals surface area contributed by atoms with Crippen molar-refractivity contribution in [2.75, 3.05) is 26.8 Å². The molecular formula is C15H22N2O4. The second kappa shape index (κ2) is 8.84. The van der Waals surface area contributed by atoms with Gasteiger partial charge in [0, 0.05) is 26.6 Å². The Labute approximate surface area is 125 Å². The molecule has 0 radical (unpaired) electrons. The van der Waals surface area contributed by atoms with E-state index in [1.807, 2.05) is 24.3 Å². The zero-order chi connectivity index (χ0) is 15.7. The number of amides is 2. The van der Waals surface area contributed by atoms with Gasteiger partial charge in [0.15, 0.2) is 0 Å². The molecular weight excluding hydrogens is 272 g/mol. The topological polar surface area (TPSA) is 67.9 Å². The number of benzene rings is 1. The smallest absolute Gasteiger partial charge is 0.407 e. The molecule has 1 N–H and O–H groups in total. The summed E-state index contributed by atoms with van der Waals surface area (Å²) in [6.45, 7) is 4.85. The molecule has 0 bridgehead atoms. The molecule has 1 aromatic rings. The highest BCUT2D eigenvalue weighted by molar-refractivity contribution is 5.73. The molecule has 0 spiro atoms. The van der Waals surface area contributed by atoms with Crippen molar-refractivity contribution in [1.29, 1.82) is 0 Å². The Morgan fingerprint density at radius 3 is 2.43 bits per heavy atom. The van der Waals surface area contributed by atoms with E-state index in [2.05, 4.69) is 5.32 Å². The summed E-state index contributed by atoms with van der Waals surface area (Å²) >= 11 is 0. The fraction of sp³-hybridized carbons (Fsp3) is 0.467.